The van der Waals surface area contributed by atoms with E-state index in [2.05, 4.69) is 19.9 Å². The molecule has 2 nitrogen and oxygen atoms in total. The van der Waals surface area contributed by atoms with Crippen LogP contribution < -0.4 is 0 Å². The van der Waals surface area contributed by atoms with E-state index in [0.29, 0.717) is 5.76 Å². The fraction of sp³-hybridized carbons (Fsp3) is 0.467. The first-order valence-electron chi connectivity index (χ1n) is 6.39. The molecule has 1 aromatic carbocycles. The summed E-state index contributed by atoms with van der Waals surface area (Å²) in [5.41, 5.74) is 2.07. The quantitative estimate of drug-likeness (QED) is 0.777. The number of benzene rings is 1. The zero-order chi connectivity index (χ0) is 12.3. The van der Waals surface area contributed by atoms with Crippen LogP contribution in [-0.2, 0) is 0 Å². The van der Waals surface area contributed by atoms with E-state index in [4.69, 9.17) is 4.42 Å². The van der Waals surface area contributed by atoms with Crippen molar-refractivity contribution in [2.75, 3.05) is 0 Å². The van der Waals surface area contributed by atoms with Crippen LogP contribution in [0.1, 0.15) is 50.0 Å². The summed E-state index contributed by atoms with van der Waals surface area (Å²) in [5, 5.41) is 11.1. The summed E-state index contributed by atoms with van der Waals surface area (Å²) in [6.45, 7) is 4.22. The highest BCUT2D eigenvalue weighted by molar-refractivity contribution is 5.78. The zero-order valence-electron chi connectivity index (χ0n) is 10.6. The molecule has 1 unspecified atom stereocenters. The molecule has 1 atom stereocenters. The molecule has 0 aliphatic rings. The molecule has 1 N–H and O–H groups in total. The Bertz CT molecular complexity index is 485. The van der Waals surface area contributed by atoms with Crippen LogP contribution >= 0.6 is 0 Å². The molecule has 1 aromatic heterocycles. The minimum absolute atomic E-state index is 0.464. The number of aryl methyl sites for hydroxylation is 1. The number of aliphatic hydroxyl groups is 1. The summed E-state index contributed by atoms with van der Waals surface area (Å²) in [4.78, 5) is 0. The van der Waals surface area contributed by atoms with Gasteiger partial charge in [-0.1, -0.05) is 37.8 Å². The molecule has 2 rings (SSSR count). The molecule has 2 heteroatoms. The molecule has 92 valence electrons. The Kier molecular flexibility index (Phi) is 3.85. The molecule has 0 saturated heterocycles. The number of hydrogen-bond donors (Lipinski definition) is 1. The van der Waals surface area contributed by atoms with E-state index in [1.807, 2.05) is 18.2 Å². The van der Waals surface area contributed by atoms with Crippen molar-refractivity contribution in [3.63, 3.8) is 0 Å². The second kappa shape index (κ2) is 5.37. The average molecular weight is 232 g/mol. The maximum Gasteiger partial charge on any atom is 0.134 e. The summed E-state index contributed by atoms with van der Waals surface area (Å²) >= 11 is 0. The molecular weight excluding hydrogens is 212 g/mol. The lowest BCUT2D eigenvalue weighted by Crippen LogP contribution is -1.94. The molecule has 0 fully saturated rings. The van der Waals surface area contributed by atoms with Gasteiger partial charge in [0.1, 0.15) is 17.4 Å². The maximum atomic E-state index is 10.0. The predicted octanol–water partition coefficient (Wildman–Crippen LogP) is 4.35. The summed E-state index contributed by atoms with van der Waals surface area (Å²) in [5.74, 6) is 0.696. The molecule has 0 aliphatic carbocycles. The summed E-state index contributed by atoms with van der Waals surface area (Å²) in [6.07, 6.45) is 3.71. The van der Waals surface area contributed by atoms with Crippen molar-refractivity contribution in [2.24, 2.45) is 0 Å². The Morgan fingerprint density at radius 2 is 2.06 bits per heavy atom. The first-order chi connectivity index (χ1) is 8.20. The molecule has 0 aliphatic heterocycles. The first kappa shape index (κ1) is 12.2. The minimum atomic E-state index is -0.464. The van der Waals surface area contributed by atoms with Crippen molar-refractivity contribution < 1.29 is 9.52 Å². The fourth-order valence-corrected chi connectivity index (χ4v) is 2.08. The van der Waals surface area contributed by atoms with Crippen LogP contribution in [0.15, 0.2) is 28.7 Å². The lowest BCUT2D eigenvalue weighted by atomic mass is 10.1. The second-order valence-electron chi connectivity index (χ2n) is 4.70. The zero-order valence-corrected chi connectivity index (χ0v) is 10.6. The SMILES string of the molecule is CCCCCC(O)c1cc2cc(C)ccc2o1. The van der Waals surface area contributed by atoms with Gasteiger partial charge in [0.05, 0.1) is 0 Å². The summed E-state index contributed by atoms with van der Waals surface area (Å²) in [6, 6.07) is 8.03. The summed E-state index contributed by atoms with van der Waals surface area (Å²) in [7, 11) is 0. The van der Waals surface area contributed by atoms with Gasteiger partial charge in [0.25, 0.3) is 0 Å². The van der Waals surface area contributed by atoms with Crippen LogP contribution in [0.3, 0.4) is 0 Å². The van der Waals surface area contributed by atoms with Gasteiger partial charge in [-0.3, -0.25) is 0 Å². The van der Waals surface area contributed by atoms with Gasteiger partial charge < -0.3 is 9.52 Å². The normalized spacial score (nSPS) is 13.1. The van der Waals surface area contributed by atoms with Gasteiger partial charge in [-0.2, -0.15) is 0 Å². The van der Waals surface area contributed by atoms with E-state index in [0.717, 1.165) is 30.2 Å². The van der Waals surface area contributed by atoms with Crippen molar-refractivity contribution in [1.29, 1.82) is 0 Å². The van der Waals surface area contributed by atoms with Gasteiger partial charge in [0.2, 0.25) is 0 Å². The van der Waals surface area contributed by atoms with Crippen molar-refractivity contribution in [3.8, 4) is 0 Å². The van der Waals surface area contributed by atoms with E-state index in [1.54, 1.807) is 0 Å². The van der Waals surface area contributed by atoms with E-state index in [9.17, 15) is 5.11 Å². The van der Waals surface area contributed by atoms with Gasteiger partial charge in [0, 0.05) is 5.39 Å². The minimum Gasteiger partial charge on any atom is -0.458 e. The molecule has 0 spiro atoms. The Labute approximate surface area is 102 Å². The highest BCUT2D eigenvalue weighted by atomic mass is 16.4. The van der Waals surface area contributed by atoms with E-state index < -0.39 is 6.10 Å². The van der Waals surface area contributed by atoms with Gasteiger partial charge in [-0.25, -0.2) is 0 Å². The monoisotopic (exact) mass is 232 g/mol. The van der Waals surface area contributed by atoms with Gasteiger partial charge in [-0.15, -0.1) is 0 Å². The number of unbranched alkanes of at least 4 members (excludes halogenated alkanes) is 2. The highest BCUT2D eigenvalue weighted by Gasteiger charge is 2.12. The topological polar surface area (TPSA) is 33.4 Å². The van der Waals surface area contributed by atoms with Gasteiger partial charge in [0.15, 0.2) is 0 Å². The largest absolute Gasteiger partial charge is 0.458 e. The molecule has 1 heterocycles. The second-order valence-corrected chi connectivity index (χ2v) is 4.70. The fourth-order valence-electron chi connectivity index (χ4n) is 2.08. The third-order valence-corrected chi connectivity index (χ3v) is 3.10. The van der Waals surface area contributed by atoms with Crippen LogP contribution in [0.2, 0.25) is 0 Å². The van der Waals surface area contributed by atoms with E-state index in [-0.39, 0.29) is 0 Å². The van der Waals surface area contributed by atoms with E-state index in [1.165, 1.54) is 12.0 Å². The molecule has 0 bridgehead atoms. The first-order valence-corrected chi connectivity index (χ1v) is 6.39. The Balaban J connectivity index is 2.12. The smallest absolute Gasteiger partial charge is 0.134 e. The van der Waals surface area contributed by atoms with Gasteiger partial charge in [-0.05, 0) is 31.5 Å². The Morgan fingerprint density at radius 3 is 2.82 bits per heavy atom. The van der Waals surface area contributed by atoms with E-state index >= 15 is 0 Å². The Hall–Kier alpha value is -1.28. The molecule has 0 radical (unpaired) electrons. The average Bonchev–Trinajstić information content (AvgIpc) is 2.72. The van der Waals surface area contributed by atoms with Crippen LogP contribution in [-0.4, -0.2) is 5.11 Å². The number of hydrogen-bond acceptors (Lipinski definition) is 2. The standard InChI is InChI=1S/C15H20O2/c1-3-4-5-6-13(16)15-10-12-9-11(2)7-8-14(12)17-15/h7-10,13,16H,3-6H2,1-2H3. The molecule has 0 amide bonds. The number of fused-ring (bicyclic) bond motifs is 1. The number of rotatable bonds is 5. The molecule has 2 aromatic rings. The van der Waals surface area contributed by atoms with Crippen LogP contribution in [0.25, 0.3) is 11.0 Å². The summed E-state index contributed by atoms with van der Waals surface area (Å²) < 4.78 is 5.67. The van der Waals surface area contributed by atoms with Crippen LogP contribution in [0.4, 0.5) is 0 Å². The van der Waals surface area contributed by atoms with Crippen LogP contribution in [0, 0.1) is 6.92 Å². The third kappa shape index (κ3) is 2.89. The highest BCUT2D eigenvalue weighted by Crippen LogP contribution is 2.27. The van der Waals surface area contributed by atoms with Gasteiger partial charge >= 0.3 is 0 Å². The lowest BCUT2D eigenvalue weighted by molar-refractivity contribution is 0.139. The van der Waals surface area contributed by atoms with Crippen LogP contribution in [0.5, 0.6) is 0 Å². The van der Waals surface area contributed by atoms with Crippen molar-refractivity contribution in [3.05, 3.63) is 35.6 Å². The maximum absolute atomic E-state index is 10.0. The lowest BCUT2D eigenvalue weighted by Gasteiger charge is -2.05. The molecular formula is C15H20O2. The van der Waals surface area contributed by atoms with Crippen molar-refractivity contribution in [2.45, 2.75) is 45.6 Å². The Morgan fingerprint density at radius 1 is 1.24 bits per heavy atom. The number of furan rings is 1. The predicted molar refractivity (Wildman–Crippen MR) is 70.1 cm³/mol. The van der Waals surface area contributed by atoms with Crippen molar-refractivity contribution >= 4 is 11.0 Å². The number of aliphatic hydroxyl groups excluding tert-OH is 1. The molecule has 0 saturated carbocycles. The third-order valence-electron chi connectivity index (χ3n) is 3.10. The molecule has 17 heavy (non-hydrogen) atoms. The van der Waals surface area contributed by atoms with Crippen molar-refractivity contribution in [1.82, 2.24) is 0 Å².